The molecule has 1 saturated heterocycles. The van der Waals surface area contributed by atoms with Crippen LogP contribution in [0, 0.1) is 5.82 Å². The minimum Gasteiger partial charge on any atom is -0.496 e. The maximum Gasteiger partial charge on any atom is 0.242 e. The van der Waals surface area contributed by atoms with Crippen molar-refractivity contribution in [1.29, 1.82) is 0 Å². The molecular weight excluding hydrogens is 309 g/mol. The highest BCUT2D eigenvalue weighted by Crippen LogP contribution is 2.22. The number of methoxy groups -OCH3 is 1. The second-order valence-electron chi connectivity index (χ2n) is 6.69. The highest BCUT2D eigenvalue weighted by atomic mass is 19.1. The summed E-state index contributed by atoms with van der Waals surface area (Å²) in [4.78, 5) is 16.6. The van der Waals surface area contributed by atoms with Crippen LogP contribution < -0.4 is 10.5 Å². The Labute approximate surface area is 143 Å². The van der Waals surface area contributed by atoms with Gasteiger partial charge in [0.05, 0.1) is 12.6 Å². The molecule has 0 bridgehead atoms. The Kier molecular flexibility index (Phi) is 6.18. The van der Waals surface area contributed by atoms with E-state index in [4.69, 9.17) is 10.5 Å². The highest BCUT2D eigenvalue weighted by molar-refractivity contribution is 5.85. The van der Waals surface area contributed by atoms with Crippen molar-refractivity contribution < 1.29 is 13.9 Å². The van der Waals surface area contributed by atoms with E-state index in [1.165, 1.54) is 12.1 Å². The summed E-state index contributed by atoms with van der Waals surface area (Å²) >= 11 is 0. The van der Waals surface area contributed by atoms with Crippen molar-refractivity contribution in [3.63, 3.8) is 0 Å². The molecule has 6 heteroatoms. The van der Waals surface area contributed by atoms with Crippen LogP contribution in [0.4, 0.5) is 4.39 Å². The molecule has 0 saturated carbocycles. The summed E-state index contributed by atoms with van der Waals surface area (Å²) in [5.74, 6) is 0.442. The zero-order valence-corrected chi connectivity index (χ0v) is 14.8. The Morgan fingerprint density at radius 1 is 1.33 bits per heavy atom. The van der Waals surface area contributed by atoms with Gasteiger partial charge in [-0.25, -0.2) is 4.39 Å². The number of nitrogens with zero attached hydrogens (tertiary/aromatic N) is 2. The summed E-state index contributed by atoms with van der Waals surface area (Å²) in [6, 6.07) is 4.55. The smallest absolute Gasteiger partial charge is 0.242 e. The van der Waals surface area contributed by atoms with E-state index in [9.17, 15) is 9.18 Å². The lowest BCUT2D eigenvalue weighted by Crippen LogP contribution is -2.58. The van der Waals surface area contributed by atoms with E-state index in [1.807, 2.05) is 18.7 Å². The predicted octanol–water partition coefficient (Wildman–Crippen LogP) is 2.00. The van der Waals surface area contributed by atoms with Crippen LogP contribution in [-0.4, -0.2) is 54.5 Å². The zero-order valence-electron chi connectivity index (χ0n) is 14.8. The molecule has 134 valence electrons. The highest BCUT2D eigenvalue weighted by Gasteiger charge is 2.33. The average Bonchev–Trinajstić information content (AvgIpc) is 2.55. The summed E-state index contributed by atoms with van der Waals surface area (Å²) in [5, 5.41) is 0. The second-order valence-corrected chi connectivity index (χ2v) is 6.69. The van der Waals surface area contributed by atoms with E-state index in [0.717, 1.165) is 25.1 Å². The lowest BCUT2D eigenvalue weighted by molar-refractivity contribution is -0.138. The van der Waals surface area contributed by atoms with Crippen LogP contribution in [0.15, 0.2) is 18.2 Å². The van der Waals surface area contributed by atoms with Gasteiger partial charge in [-0.15, -0.1) is 0 Å². The van der Waals surface area contributed by atoms with Gasteiger partial charge in [0.1, 0.15) is 11.6 Å². The number of rotatable bonds is 6. The Hall–Kier alpha value is -1.66. The fourth-order valence-electron chi connectivity index (χ4n) is 3.21. The number of ether oxygens (including phenoxy) is 1. The number of amides is 1. The lowest BCUT2D eigenvalue weighted by atomic mass is 9.95. The van der Waals surface area contributed by atoms with E-state index in [2.05, 4.69) is 4.90 Å². The van der Waals surface area contributed by atoms with E-state index in [0.29, 0.717) is 31.8 Å². The number of hydrogen-bond donors (Lipinski definition) is 1. The van der Waals surface area contributed by atoms with Crippen molar-refractivity contribution in [2.24, 2.45) is 5.73 Å². The Morgan fingerprint density at radius 2 is 2.00 bits per heavy atom. The molecule has 0 spiro atoms. The summed E-state index contributed by atoms with van der Waals surface area (Å²) in [5.41, 5.74) is 6.19. The predicted molar refractivity (Wildman–Crippen MR) is 92.3 cm³/mol. The Bertz CT molecular complexity index is 569. The molecule has 24 heavy (non-hydrogen) atoms. The molecule has 1 atom stereocenters. The minimum absolute atomic E-state index is 0.0207. The van der Waals surface area contributed by atoms with E-state index < -0.39 is 5.54 Å². The molecule has 0 radical (unpaired) electrons. The standard InChI is InChI=1S/C18H28FN3O2/c1-4-7-18(2,20)17(23)22-10-8-21(9-11-22)13-14-12-15(19)5-6-16(14)24-3/h5-6,12H,4,7-11,13,20H2,1-3H3. The van der Waals surface area contributed by atoms with E-state index >= 15 is 0 Å². The molecule has 1 aromatic rings. The summed E-state index contributed by atoms with van der Waals surface area (Å²) < 4.78 is 18.8. The molecule has 5 nitrogen and oxygen atoms in total. The van der Waals surface area contributed by atoms with E-state index in [-0.39, 0.29) is 11.7 Å². The van der Waals surface area contributed by atoms with Crippen LogP contribution >= 0.6 is 0 Å². The molecule has 1 aromatic carbocycles. The molecule has 1 fully saturated rings. The van der Waals surface area contributed by atoms with Gasteiger partial charge in [0.2, 0.25) is 5.91 Å². The third kappa shape index (κ3) is 4.45. The molecular formula is C18H28FN3O2. The molecule has 1 unspecified atom stereocenters. The molecule has 1 amide bonds. The fourth-order valence-corrected chi connectivity index (χ4v) is 3.21. The van der Waals surface area contributed by atoms with Crippen LogP contribution in [0.5, 0.6) is 5.75 Å². The molecule has 0 aliphatic carbocycles. The van der Waals surface area contributed by atoms with Crippen LogP contribution in [0.2, 0.25) is 0 Å². The van der Waals surface area contributed by atoms with Crippen LogP contribution in [0.3, 0.4) is 0 Å². The summed E-state index contributed by atoms with van der Waals surface area (Å²) in [6.45, 7) is 7.23. The first kappa shape index (κ1) is 18.7. The van der Waals surface area contributed by atoms with Gasteiger partial charge in [0, 0.05) is 38.3 Å². The zero-order chi connectivity index (χ0) is 17.7. The van der Waals surface area contributed by atoms with Gasteiger partial charge >= 0.3 is 0 Å². The number of hydrogen-bond acceptors (Lipinski definition) is 4. The average molecular weight is 337 g/mol. The number of benzene rings is 1. The van der Waals surface area contributed by atoms with Crippen LogP contribution in [0.1, 0.15) is 32.3 Å². The topological polar surface area (TPSA) is 58.8 Å². The lowest BCUT2D eigenvalue weighted by Gasteiger charge is -2.38. The van der Waals surface area contributed by atoms with Crippen LogP contribution in [-0.2, 0) is 11.3 Å². The first-order valence-electron chi connectivity index (χ1n) is 8.50. The third-order valence-corrected chi connectivity index (χ3v) is 4.55. The van der Waals surface area contributed by atoms with Crippen molar-refractivity contribution in [3.05, 3.63) is 29.6 Å². The first-order valence-corrected chi connectivity index (χ1v) is 8.50. The largest absolute Gasteiger partial charge is 0.496 e. The number of carbonyl (C=O) groups excluding carboxylic acids is 1. The number of carbonyl (C=O) groups is 1. The van der Waals surface area contributed by atoms with Crippen molar-refractivity contribution in [1.82, 2.24) is 9.80 Å². The fraction of sp³-hybridized carbons (Fsp3) is 0.611. The van der Waals surface area contributed by atoms with Gasteiger partial charge in [-0.3, -0.25) is 9.69 Å². The Balaban J connectivity index is 1.94. The normalized spacial score (nSPS) is 18.3. The summed E-state index contributed by atoms with van der Waals surface area (Å²) in [7, 11) is 1.59. The van der Waals surface area contributed by atoms with Gasteiger partial charge < -0.3 is 15.4 Å². The van der Waals surface area contributed by atoms with Crippen LogP contribution in [0.25, 0.3) is 0 Å². The first-order chi connectivity index (χ1) is 11.4. The molecule has 1 aliphatic rings. The molecule has 0 aromatic heterocycles. The molecule has 1 heterocycles. The van der Waals surface area contributed by atoms with Crippen molar-refractivity contribution >= 4 is 5.91 Å². The number of piperazine rings is 1. The van der Waals surface area contributed by atoms with Crippen molar-refractivity contribution in [2.45, 2.75) is 38.8 Å². The summed E-state index contributed by atoms with van der Waals surface area (Å²) in [6.07, 6.45) is 1.57. The molecule has 1 aliphatic heterocycles. The van der Waals surface area contributed by atoms with Gasteiger partial charge in [0.15, 0.2) is 0 Å². The molecule has 2 N–H and O–H groups in total. The van der Waals surface area contributed by atoms with Gasteiger partial charge in [-0.1, -0.05) is 13.3 Å². The van der Waals surface area contributed by atoms with Gasteiger partial charge in [-0.05, 0) is 31.5 Å². The van der Waals surface area contributed by atoms with Gasteiger partial charge in [-0.2, -0.15) is 0 Å². The Morgan fingerprint density at radius 3 is 2.58 bits per heavy atom. The van der Waals surface area contributed by atoms with Crippen molar-refractivity contribution in [2.75, 3.05) is 33.3 Å². The van der Waals surface area contributed by atoms with Gasteiger partial charge in [0.25, 0.3) is 0 Å². The van der Waals surface area contributed by atoms with E-state index in [1.54, 1.807) is 13.2 Å². The molecule has 2 rings (SSSR count). The third-order valence-electron chi connectivity index (χ3n) is 4.55. The quantitative estimate of drug-likeness (QED) is 0.862. The number of halogens is 1. The maximum atomic E-state index is 13.5. The minimum atomic E-state index is -0.789. The maximum absolute atomic E-state index is 13.5. The van der Waals surface area contributed by atoms with Crippen molar-refractivity contribution in [3.8, 4) is 5.75 Å². The SMILES string of the molecule is CCCC(C)(N)C(=O)N1CCN(Cc2cc(F)ccc2OC)CC1. The number of nitrogens with two attached hydrogens (primary N) is 1. The monoisotopic (exact) mass is 337 g/mol. The second kappa shape index (κ2) is 7.94.